The van der Waals surface area contributed by atoms with Crippen molar-refractivity contribution >= 4 is 11.4 Å². The van der Waals surface area contributed by atoms with Crippen molar-refractivity contribution in [1.29, 1.82) is 5.26 Å². The standard InChI is InChI=1S/C12H11N5O2/c1-16-6-5-14-11(16)8-15-10-4-2-3-9(7-13)12(10)17(18)19/h2-6,15H,8H2,1H3. The summed E-state index contributed by atoms with van der Waals surface area (Å²) in [5.41, 5.74) is 0.140. The van der Waals surface area contributed by atoms with Crippen molar-refractivity contribution in [2.24, 2.45) is 7.05 Å². The number of hydrogen-bond donors (Lipinski definition) is 1. The topological polar surface area (TPSA) is 96.8 Å². The van der Waals surface area contributed by atoms with Gasteiger partial charge < -0.3 is 9.88 Å². The molecule has 2 rings (SSSR count). The molecule has 0 fully saturated rings. The molecular weight excluding hydrogens is 246 g/mol. The first-order chi connectivity index (χ1) is 9.13. The molecule has 1 aromatic carbocycles. The summed E-state index contributed by atoms with van der Waals surface area (Å²) in [5, 5.41) is 22.8. The van der Waals surface area contributed by atoms with E-state index in [1.165, 1.54) is 6.07 Å². The molecule has 0 unspecified atom stereocenters. The zero-order valence-electron chi connectivity index (χ0n) is 10.2. The van der Waals surface area contributed by atoms with E-state index in [0.29, 0.717) is 12.2 Å². The number of aromatic nitrogens is 2. The van der Waals surface area contributed by atoms with Crippen LogP contribution in [0.1, 0.15) is 11.4 Å². The molecule has 0 radical (unpaired) electrons. The van der Waals surface area contributed by atoms with Crippen LogP contribution in [-0.2, 0) is 13.6 Å². The van der Waals surface area contributed by atoms with Gasteiger partial charge >= 0.3 is 5.69 Å². The average molecular weight is 257 g/mol. The van der Waals surface area contributed by atoms with E-state index in [-0.39, 0.29) is 11.3 Å². The maximum atomic E-state index is 11.0. The Kier molecular flexibility index (Phi) is 3.43. The fraction of sp³-hybridized carbons (Fsp3) is 0.167. The summed E-state index contributed by atoms with van der Waals surface area (Å²) in [6.45, 7) is 0.346. The van der Waals surface area contributed by atoms with Crippen LogP contribution in [0, 0.1) is 21.4 Å². The van der Waals surface area contributed by atoms with Gasteiger partial charge in [-0.25, -0.2) is 4.98 Å². The predicted octanol–water partition coefficient (Wildman–Crippen LogP) is 1.81. The molecule has 0 atom stereocenters. The smallest absolute Gasteiger partial charge is 0.309 e. The second-order valence-electron chi connectivity index (χ2n) is 3.88. The number of aryl methyl sites for hydroxylation is 1. The molecule has 0 aliphatic rings. The van der Waals surface area contributed by atoms with E-state index < -0.39 is 4.92 Å². The second kappa shape index (κ2) is 5.18. The van der Waals surface area contributed by atoms with Crippen LogP contribution in [0.3, 0.4) is 0 Å². The maximum Gasteiger partial charge on any atom is 0.309 e. The highest BCUT2D eigenvalue weighted by molar-refractivity contribution is 5.68. The van der Waals surface area contributed by atoms with E-state index in [9.17, 15) is 10.1 Å². The third-order valence-corrected chi connectivity index (χ3v) is 2.70. The quantitative estimate of drug-likeness (QED) is 0.665. The third-order valence-electron chi connectivity index (χ3n) is 2.70. The molecule has 96 valence electrons. The van der Waals surface area contributed by atoms with Crippen LogP contribution in [0.5, 0.6) is 0 Å². The van der Waals surface area contributed by atoms with Crippen molar-refractivity contribution in [2.75, 3.05) is 5.32 Å². The highest BCUT2D eigenvalue weighted by Gasteiger charge is 2.19. The Bertz CT molecular complexity index is 656. The van der Waals surface area contributed by atoms with Crippen molar-refractivity contribution in [1.82, 2.24) is 9.55 Å². The van der Waals surface area contributed by atoms with Crippen molar-refractivity contribution in [3.63, 3.8) is 0 Å². The number of benzene rings is 1. The third kappa shape index (κ3) is 2.52. The van der Waals surface area contributed by atoms with E-state index in [4.69, 9.17) is 5.26 Å². The number of nitrogens with one attached hydrogen (secondary N) is 1. The van der Waals surface area contributed by atoms with Gasteiger partial charge in [-0.3, -0.25) is 10.1 Å². The summed E-state index contributed by atoms with van der Waals surface area (Å²) < 4.78 is 1.81. The van der Waals surface area contributed by atoms with E-state index in [1.54, 1.807) is 24.5 Å². The van der Waals surface area contributed by atoms with Gasteiger partial charge in [0.2, 0.25) is 0 Å². The van der Waals surface area contributed by atoms with Gasteiger partial charge in [0.25, 0.3) is 0 Å². The number of nitriles is 1. The average Bonchev–Trinajstić information content (AvgIpc) is 2.81. The fourth-order valence-corrected chi connectivity index (χ4v) is 1.71. The van der Waals surface area contributed by atoms with Crippen molar-refractivity contribution < 1.29 is 4.92 Å². The van der Waals surface area contributed by atoms with E-state index >= 15 is 0 Å². The zero-order valence-corrected chi connectivity index (χ0v) is 10.2. The summed E-state index contributed by atoms with van der Waals surface area (Å²) >= 11 is 0. The molecule has 1 heterocycles. The number of rotatable bonds is 4. The Morgan fingerprint density at radius 3 is 2.95 bits per heavy atom. The largest absolute Gasteiger partial charge is 0.372 e. The lowest BCUT2D eigenvalue weighted by atomic mass is 10.1. The molecule has 1 aromatic heterocycles. The summed E-state index contributed by atoms with van der Waals surface area (Å²) in [5.74, 6) is 0.747. The number of imidazole rings is 1. The molecule has 2 aromatic rings. The van der Waals surface area contributed by atoms with Crippen LogP contribution in [0.2, 0.25) is 0 Å². The molecule has 19 heavy (non-hydrogen) atoms. The minimum Gasteiger partial charge on any atom is -0.372 e. The van der Waals surface area contributed by atoms with Crippen LogP contribution < -0.4 is 5.32 Å². The van der Waals surface area contributed by atoms with Gasteiger partial charge in [-0.05, 0) is 12.1 Å². The lowest BCUT2D eigenvalue weighted by Crippen LogP contribution is -2.07. The van der Waals surface area contributed by atoms with E-state index in [2.05, 4.69) is 10.3 Å². The monoisotopic (exact) mass is 257 g/mol. The van der Waals surface area contributed by atoms with E-state index in [0.717, 1.165) is 5.82 Å². The van der Waals surface area contributed by atoms with Crippen molar-refractivity contribution in [2.45, 2.75) is 6.54 Å². The number of nitro groups is 1. The zero-order chi connectivity index (χ0) is 13.8. The highest BCUT2D eigenvalue weighted by Crippen LogP contribution is 2.28. The Morgan fingerprint density at radius 1 is 1.58 bits per heavy atom. The van der Waals surface area contributed by atoms with Crippen LogP contribution in [0.4, 0.5) is 11.4 Å². The number of anilines is 1. The van der Waals surface area contributed by atoms with Gasteiger partial charge in [0, 0.05) is 19.4 Å². The lowest BCUT2D eigenvalue weighted by Gasteiger charge is -2.07. The van der Waals surface area contributed by atoms with E-state index in [1.807, 2.05) is 17.7 Å². The van der Waals surface area contributed by atoms with Crippen LogP contribution in [0.25, 0.3) is 0 Å². The number of nitrogens with zero attached hydrogens (tertiary/aromatic N) is 4. The van der Waals surface area contributed by atoms with Crippen LogP contribution >= 0.6 is 0 Å². The molecule has 0 saturated carbocycles. The summed E-state index contributed by atoms with van der Waals surface area (Å²) in [7, 11) is 1.84. The van der Waals surface area contributed by atoms with Gasteiger partial charge in [0.15, 0.2) is 0 Å². The first-order valence-corrected chi connectivity index (χ1v) is 5.51. The van der Waals surface area contributed by atoms with Gasteiger partial charge in [0.05, 0.1) is 11.5 Å². The number of hydrogen-bond acceptors (Lipinski definition) is 5. The Labute approximate surface area is 109 Å². The van der Waals surface area contributed by atoms with Crippen LogP contribution in [-0.4, -0.2) is 14.5 Å². The fourth-order valence-electron chi connectivity index (χ4n) is 1.71. The minimum absolute atomic E-state index is 0.0369. The number of para-hydroxylation sites is 1. The molecule has 1 N–H and O–H groups in total. The van der Waals surface area contributed by atoms with Gasteiger partial charge in [-0.15, -0.1) is 0 Å². The molecule has 0 aliphatic carbocycles. The minimum atomic E-state index is -0.556. The lowest BCUT2D eigenvalue weighted by molar-refractivity contribution is -0.384. The molecule has 0 aliphatic heterocycles. The normalized spacial score (nSPS) is 9.89. The molecule has 0 bridgehead atoms. The van der Waals surface area contributed by atoms with Gasteiger partial charge in [-0.1, -0.05) is 6.07 Å². The molecule has 0 spiro atoms. The molecule has 0 amide bonds. The summed E-state index contributed by atoms with van der Waals surface area (Å²) in [4.78, 5) is 14.6. The highest BCUT2D eigenvalue weighted by atomic mass is 16.6. The predicted molar refractivity (Wildman–Crippen MR) is 68.3 cm³/mol. The first-order valence-electron chi connectivity index (χ1n) is 5.51. The second-order valence-corrected chi connectivity index (χ2v) is 3.88. The Morgan fingerprint density at radius 2 is 2.37 bits per heavy atom. The maximum absolute atomic E-state index is 11.0. The van der Waals surface area contributed by atoms with Gasteiger partial charge in [0.1, 0.15) is 23.1 Å². The Balaban J connectivity index is 2.28. The summed E-state index contributed by atoms with van der Waals surface area (Å²) in [6, 6.07) is 6.41. The Hall–Kier alpha value is -2.88. The number of nitro benzene ring substituents is 1. The SMILES string of the molecule is Cn1ccnc1CNc1cccc(C#N)c1[N+](=O)[O-]. The molecule has 7 nitrogen and oxygen atoms in total. The molecule has 7 heteroatoms. The molecule has 0 saturated heterocycles. The van der Waals surface area contributed by atoms with Gasteiger partial charge in [-0.2, -0.15) is 5.26 Å². The summed E-state index contributed by atoms with van der Waals surface area (Å²) in [6.07, 6.45) is 3.44. The van der Waals surface area contributed by atoms with Crippen LogP contribution in [0.15, 0.2) is 30.6 Å². The van der Waals surface area contributed by atoms with Crippen molar-refractivity contribution in [3.05, 3.63) is 52.1 Å². The van der Waals surface area contributed by atoms with Crippen molar-refractivity contribution in [3.8, 4) is 6.07 Å². The molecular formula is C12H11N5O2. The first kappa shape index (κ1) is 12.6.